The van der Waals surface area contributed by atoms with Gasteiger partial charge in [0, 0.05) is 24.6 Å². The van der Waals surface area contributed by atoms with Crippen LogP contribution in [-0.2, 0) is 13.0 Å². The number of fused-ring (bicyclic) bond motifs is 1. The summed E-state index contributed by atoms with van der Waals surface area (Å²) >= 11 is 0. The Kier molecular flexibility index (Phi) is 3.74. The Bertz CT molecular complexity index is 584. The van der Waals surface area contributed by atoms with Crippen molar-refractivity contribution in [2.75, 3.05) is 13.4 Å². The molecule has 2 aromatic carbocycles. The Morgan fingerprint density at radius 3 is 2.55 bits per heavy atom. The molecule has 20 heavy (non-hydrogen) atoms. The van der Waals surface area contributed by atoms with Crippen molar-refractivity contribution in [3.63, 3.8) is 0 Å². The number of hydrogen-bond acceptors (Lipinski definition) is 4. The summed E-state index contributed by atoms with van der Waals surface area (Å²) in [6, 6.07) is 14.0. The van der Waals surface area contributed by atoms with Crippen LogP contribution >= 0.6 is 0 Å². The maximum atomic E-state index is 5.84. The molecule has 104 valence electrons. The molecule has 1 heterocycles. The van der Waals surface area contributed by atoms with E-state index in [9.17, 15) is 0 Å². The van der Waals surface area contributed by atoms with Gasteiger partial charge in [0.1, 0.15) is 5.75 Å². The minimum absolute atomic E-state index is 0.257. The zero-order valence-electron chi connectivity index (χ0n) is 11.2. The van der Waals surface area contributed by atoms with Crippen LogP contribution in [0.4, 0.5) is 0 Å². The van der Waals surface area contributed by atoms with E-state index in [2.05, 4.69) is 12.1 Å². The summed E-state index contributed by atoms with van der Waals surface area (Å²) in [6.07, 6.45) is 0.860. The van der Waals surface area contributed by atoms with Gasteiger partial charge >= 0.3 is 0 Å². The van der Waals surface area contributed by atoms with Gasteiger partial charge in [0.25, 0.3) is 0 Å². The predicted octanol–water partition coefficient (Wildman–Crippen LogP) is 2.50. The van der Waals surface area contributed by atoms with E-state index < -0.39 is 0 Å². The first kappa shape index (κ1) is 12.8. The fraction of sp³-hybridized carbons (Fsp3) is 0.250. The lowest BCUT2D eigenvalue weighted by atomic mass is 10.1. The third-order valence-corrected chi connectivity index (χ3v) is 3.27. The van der Waals surface area contributed by atoms with Crippen molar-refractivity contribution >= 4 is 0 Å². The summed E-state index contributed by atoms with van der Waals surface area (Å²) in [5, 5.41) is 0. The molecule has 0 bridgehead atoms. The highest BCUT2D eigenvalue weighted by Gasteiger charge is 2.17. The molecule has 4 nitrogen and oxygen atoms in total. The molecule has 1 aliphatic heterocycles. The third-order valence-electron chi connectivity index (χ3n) is 3.27. The van der Waals surface area contributed by atoms with E-state index in [4.69, 9.17) is 19.9 Å². The van der Waals surface area contributed by atoms with Crippen LogP contribution in [0, 0.1) is 0 Å². The van der Waals surface area contributed by atoms with Crippen molar-refractivity contribution in [2.24, 2.45) is 5.73 Å². The number of benzene rings is 2. The lowest BCUT2D eigenvalue weighted by Gasteiger charge is -2.11. The van der Waals surface area contributed by atoms with E-state index in [0.717, 1.165) is 29.2 Å². The Morgan fingerprint density at radius 1 is 1.05 bits per heavy atom. The highest BCUT2D eigenvalue weighted by atomic mass is 16.7. The molecular formula is C16H17NO3. The Morgan fingerprint density at radius 2 is 1.80 bits per heavy atom. The van der Waals surface area contributed by atoms with Gasteiger partial charge in [-0.05, 0) is 11.6 Å². The molecule has 0 amide bonds. The molecule has 0 spiro atoms. The largest absolute Gasteiger partial charge is 0.493 e. The van der Waals surface area contributed by atoms with Crippen LogP contribution in [0.3, 0.4) is 0 Å². The topological polar surface area (TPSA) is 53.7 Å². The van der Waals surface area contributed by atoms with Crippen molar-refractivity contribution < 1.29 is 14.2 Å². The van der Waals surface area contributed by atoms with E-state index in [-0.39, 0.29) is 6.79 Å². The van der Waals surface area contributed by atoms with Crippen LogP contribution in [0.2, 0.25) is 0 Å². The summed E-state index contributed by atoms with van der Waals surface area (Å²) in [5.41, 5.74) is 7.94. The van der Waals surface area contributed by atoms with Crippen molar-refractivity contribution in [2.45, 2.75) is 13.0 Å². The molecule has 0 radical (unpaired) electrons. The molecule has 2 N–H and O–H groups in total. The quantitative estimate of drug-likeness (QED) is 0.907. The second-order valence-electron chi connectivity index (χ2n) is 4.60. The van der Waals surface area contributed by atoms with E-state index in [1.165, 1.54) is 5.56 Å². The monoisotopic (exact) mass is 271 g/mol. The molecular weight excluding hydrogens is 254 g/mol. The lowest BCUT2D eigenvalue weighted by Crippen LogP contribution is -2.05. The van der Waals surface area contributed by atoms with Crippen LogP contribution in [0.15, 0.2) is 42.5 Å². The SMILES string of the molecule is NCc1cc2c(cc1OCCc1ccccc1)OCO2. The highest BCUT2D eigenvalue weighted by molar-refractivity contribution is 5.51. The molecule has 1 aliphatic rings. The van der Waals surface area contributed by atoms with Crippen molar-refractivity contribution in [3.05, 3.63) is 53.6 Å². The molecule has 0 aliphatic carbocycles. The smallest absolute Gasteiger partial charge is 0.231 e. The van der Waals surface area contributed by atoms with Crippen molar-refractivity contribution in [1.29, 1.82) is 0 Å². The summed E-state index contributed by atoms with van der Waals surface area (Å²) in [5.74, 6) is 2.23. The minimum Gasteiger partial charge on any atom is -0.493 e. The molecule has 0 aromatic heterocycles. The zero-order chi connectivity index (χ0) is 13.8. The molecule has 0 saturated carbocycles. The van der Waals surface area contributed by atoms with Gasteiger partial charge in [-0.3, -0.25) is 0 Å². The fourth-order valence-electron chi connectivity index (χ4n) is 2.18. The van der Waals surface area contributed by atoms with Gasteiger partial charge in [-0.25, -0.2) is 0 Å². The van der Waals surface area contributed by atoms with Crippen LogP contribution in [-0.4, -0.2) is 13.4 Å². The van der Waals surface area contributed by atoms with Gasteiger partial charge in [-0.2, -0.15) is 0 Å². The van der Waals surface area contributed by atoms with Gasteiger partial charge in [-0.1, -0.05) is 30.3 Å². The normalized spacial score (nSPS) is 12.4. The fourth-order valence-corrected chi connectivity index (χ4v) is 2.18. The van der Waals surface area contributed by atoms with E-state index >= 15 is 0 Å². The molecule has 4 heteroatoms. The van der Waals surface area contributed by atoms with Gasteiger partial charge in [0.2, 0.25) is 6.79 Å². The van der Waals surface area contributed by atoms with Gasteiger partial charge in [-0.15, -0.1) is 0 Å². The van der Waals surface area contributed by atoms with Crippen molar-refractivity contribution in [3.8, 4) is 17.2 Å². The summed E-state index contributed by atoms with van der Waals surface area (Å²) in [6.45, 7) is 1.28. The molecule has 2 aromatic rings. The first-order valence-corrected chi connectivity index (χ1v) is 6.66. The lowest BCUT2D eigenvalue weighted by molar-refractivity contribution is 0.173. The number of rotatable bonds is 5. The number of nitrogens with two attached hydrogens (primary N) is 1. The minimum atomic E-state index is 0.257. The van der Waals surface area contributed by atoms with Gasteiger partial charge < -0.3 is 19.9 Å². The molecule has 0 fully saturated rings. The maximum Gasteiger partial charge on any atom is 0.231 e. The third kappa shape index (κ3) is 2.70. The summed E-state index contributed by atoms with van der Waals surface area (Å²) in [7, 11) is 0. The van der Waals surface area contributed by atoms with E-state index in [1.54, 1.807) is 0 Å². The average molecular weight is 271 g/mol. The van der Waals surface area contributed by atoms with Gasteiger partial charge in [0.05, 0.1) is 6.61 Å². The highest BCUT2D eigenvalue weighted by Crippen LogP contribution is 2.38. The molecule has 0 unspecified atom stereocenters. The number of ether oxygens (including phenoxy) is 3. The first-order chi connectivity index (χ1) is 9.86. The predicted molar refractivity (Wildman–Crippen MR) is 76.1 cm³/mol. The Balaban J connectivity index is 1.68. The Labute approximate surface area is 118 Å². The van der Waals surface area contributed by atoms with E-state index in [1.807, 2.05) is 30.3 Å². The zero-order valence-corrected chi connectivity index (χ0v) is 11.2. The van der Waals surface area contributed by atoms with Crippen LogP contribution in [0.1, 0.15) is 11.1 Å². The second-order valence-corrected chi connectivity index (χ2v) is 4.60. The summed E-state index contributed by atoms with van der Waals surface area (Å²) in [4.78, 5) is 0. The first-order valence-electron chi connectivity index (χ1n) is 6.66. The second kappa shape index (κ2) is 5.84. The molecule has 0 saturated heterocycles. The van der Waals surface area contributed by atoms with Gasteiger partial charge in [0.15, 0.2) is 11.5 Å². The standard InChI is InChI=1S/C16H17NO3/c17-10-13-8-15-16(20-11-19-15)9-14(13)18-7-6-12-4-2-1-3-5-12/h1-5,8-9H,6-7,10-11,17H2. The maximum absolute atomic E-state index is 5.84. The average Bonchev–Trinajstić information content (AvgIpc) is 2.94. The number of hydrogen-bond donors (Lipinski definition) is 1. The Hall–Kier alpha value is -2.20. The van der Waals surface area contributed by atoms with Crippen LogP contribution in [0.25, 0.3) is 0 Å². The van der Waals surface area contributed by atoms with Crippen LogP contribution < -0.4 is 19.9 Å². The molecule has 0 atom stereocenters. The van der Waals surface area contributed by atoms with Crippen molar-refractivity contribution in [1.82, 2.24) is 0 Å². The molecule has 3 rings (SSSR count). The van der Waals surface area contributed by atoms with E-state index in [0.29, 0.717) is 13.2 Å². The van der Waals surface area contributed by atoms with Crippen LogP contribution in [0.5, 0.6) is 17.2 Å². The summed E-state index contributed by atoms with van der Waals surface area (Å²) < 4.78 is 16.5.